The van der Waals surface area contributed by atoms with Crippen LogP contribution in [0.4, 0.5) is 0 Å². The maximum Gasteiger partial charge on any atom is 0.320 e. The molecule has 0 saturated heterocycles. The van der Waals surface area contributed by atoms with Crippen molar-refractivity contribution in [3.05, 3.63) is 12.2 Å². The van der Waals surface area contributed by atoms with E-state index in [1.807, 2.05) is 6.08 Å². The van der Waals surface area contributed by atoms with Crippen LogP contribution >= 0.6 is 0 Å². The minimum atomic E-state index is -0.833. The summed E-state index contributed by atoms with van der Waals surface area (Å²) in [4.78, 5) is 22.9. The molecule has 0 aromatic rings. The summed E-state index contributed by atoms with van der Waals surface area (Å²) in [5.41, 5.74) is 0. The first-order chi connectivity index (χ1) is 8.69. The fourth-order valence-electron chi connectivity index (χ4n) is 2.31. The Bertz CT molecular complexity index is 287. The zero-order chi connectivity index (χ0) is 13.4. The Morgan fingerprint density at radius 3 is 2.17 bits per heavy atom. The number of carbonyl (C=O) groups excluding carboxylic acids is 2. The third-order valence-corrected chi connectivity index (χ3v) is 3.40. The van der Waals surface area contributed by atoms with Crippen molar-refractivity contribution in [2.24, 2.45) is 11.8 Å². The number of methoxy groups -OCH3 is 2. The molecule has 0 N–H and O–H groups in total. The Labute approximate surface area is 108 Å². The minimum Gasteiger partial charge on any atom is -0.468 e. The molecule has 0 aliphatic heterocycles. The lowest BCUT2D eigenvalue weighted by atomic mass is 9.88. The highest BCUT2D eigenvalue weighted by atomic mass is 16.5. The van der Waals surface area contributed by atoms with Crippen LogP contribution in [0.25, 0.3) is 0 Å². The molecule has 1 aliphatic rings. The van der Waals surface area contributed by atoms with Crippen molar-refractivity contribution in [2.45, 2.75) is 38.5 Å². The van der Waals surface area contributed by atoms with Gasteiger partial charge >= 0.3 is 11.9 Å². The molecule has 1 fully saturated rings. The van der Waals surface area contributed by atoms with Gasteiger partial charge < -0.3 is 9.47 Å². The molecule has 1 aliphatic carbocycles. The van der Waals surface area contributed by atoms with Crippen LogP contribution in [0.1, 0.15) is 38.5 Å². The maximum atomic E-state index is 11.4. The van der Waals surface area contributed by atoms with Gasteiger partial charge in [-0.05, 0) is 25.2 Å². The summed E-state index contributed by atoms with van der Waals surface area (Å²) in [6.07, 6.45) is 10.7. The molecule has 0 radical (unpaired) electrons. The number of esters is 2. The van der Waals surface area contributed by atoms with E-state index in [0.29, 0.717) is 12.3 Å². The van der Waals surface area contributed by atoms with Crippen LogP contribution in [0.3, 0.4) is 0 Å². The molecule has 0 atom stereocenters. The quantitative estimate of drug-likeness (QED) is 0.429. The highest BCUT2D eigenvalue weighted by Crippen LogP contribution is 2.25. The number of carbonyl (C=O) groups is 2. The molecule has 0 bridgehead atoms. The highest BCUT2D eigenvalue weighted by molar-refractivity contribution is 5.94. The van der Waals surface area contributed by atoms with Crippen LogP contribution in [0.2, 0.25) is 0 Å². The van der Waals surface area contributed by atoms with Gasteiger partial charge in [0.25, 0.3) is 0 Å². The summed E-state index contributed by atoms with van der Waals surface area (Å²) in [5.74, 6) is -1.31. The number of rotatable bonds is 5. The Morgan fingerprint density at radius 1 is 1.11 bits per heavy atom. The van der Waals surface area contributed by atoms with E-state index in [1.54, 1.807) is 0 Å². The van der Waals surface area contributed by atoms with Crippen LogP contribution in [0, 0.1) is 11.8 Å². The zero-order valence-electron chi connectivity index (χ0n) is 11.2. The molecule has 102 valence electrons. The minimum absolute atomic E-state index is 0.357. The first kappa shape index (κ1) is 14.7. The van der Waals surface area contributed by atoms with E-state index >= 15 is 0 Å². The molecule has 0 unspecified atom stereocenters. The summed E-state index contributed by atoms with van der Waals surface area (Å²) in [6, 6.07) is 0. The van der Waals surface area contributed by atoms with Gasteiger partial charge in [-0.2, -0.15) is 0 Å². The Kier molecular flexibility index (Phi) is 6.47. The van der Waals surface area contributed by atoms with Crippen molar-refractivity contribution in [3.63, 3.8) is 0 Å². The van der Waals surface area contributed by atoms with Crippen LogP contribution in [-0.4, -0.2) is 26.2 Å². The summed E-state index contributed by atoms with van der Waals surface area (Å²) >= 11 is 0. The van der Waals surface area contributed by atoms with Crippen LogP contribution in [-0.2, 0) is 19.1 Å². The molecule has 4 heteroatoms. The van der Waals surface area contributed by atoms with Gasteiger partial charge in [0.1, 0.15) is 0 Å². The number of ether oxygens (including phenoxy) is 2. The third kappa shape index (κ3) is 4.51. The Morgan fingerprint density at radius 2 is 1.67 bits per heavy atom. The van der Waals surface area contributed by atoms with Gasteiger partial charge in [-0.25, -0.2) is 0 Å². The van der Waals surface area contributed by atoms with Crippen molar-refractivity contribution >= 4 is 11.9 Å². The molecule has 0 heterocycles. The summed E-state index contributed by atoms with van der Waals surface area (Å²) < 4.78 is 9.21. The SMILES string of the molecule is COC(=O)C(C/C=C/C1CCCCC1)C(=O)OC. The smallest absolute Gasteiger partial charge is 0.320 e. The average molecular weight is 254 g/mol. The second kappa shape index (κ2) is 7.90. The number of allylic oxidation sites excluding steroid dienone is 2. The molecule has 0 spiro atoms. The van der Waals surface area contributed by atoms with E-state index in [0.717, 1.165) is 0 Å². The molecule has 0 aromatic heterocycles. The van der Waals surface area contributed by atoms with Gasteiger partial charge in [-0.15, -0.1) is 0 Å². The van der Waals surface area contributed by atoms with E-state index in [4.69, 9.17) is 0 Å². The normalized spacial score (nSPS) is 17.1. The molecule has 1 saturated carbocycles. The molecular formula is C14H22O4. The number of hydrogen-bond acceptors (Lipinski definition) is 4. The van der Waals surface area contributed by atoms with Gasteiger partial charge in [-0.1, -0.05) is 31.4 Å². The van der Waals surface area contributed by atoms with Gasteiger partial charge in [0.15, 0.2) is 5.92 Å². The molecule has 18 heavy (non-hydrogen) atoms. The maximum absolute atomic E-state index is 11.4. The van der Waals surface area contributed by atoms with Crippen molar-refractivity contribution in [1.82, 2.24) is 0 Å². The third-order valence-electron chi connectivity index (χ3n) is 3.40. The van der Waals surface area contributed by atoms with Crippen molar-refractivity contribution in [3.8, 4) is 0 Å². The molecular weight excluding hydrogens is 232 g/mol. The van der Waals surface area contributed by atoms with Crippen LogP contribution in [0.5, 0.6) is 0 Å². The Balaban J connectivity index is 2.47. The second-order valence-electron chi connectivity index (χ2n) is 4.66. The van der Waals surface area contributed by atoms with Crippen molar-refractivity contribution < 1.29 is 19.1 Å². The lowest BCUT2D eigenvalue weighted by Crippen LogP contribution is -2.26. The Hall–Kier alpha value is -1.32. The monoisotopic (exact) mass is 254 g/mol. The molecule has 1 rings (SSSR count). The van der Waals surface area contributed by atoms with E-state index in [2.05, 4.69) is 15.5 Å². The summed E-state index contributed by atoms with van der Waals surface area (Å²) in [6.45, 7) is 0. The highest BCUT2D eigenvalue weighted by Gasteiger charge is 2.27. The zero-order valence-corrected chi connectivity index (χ0v) is 11.2. The van der Waals surface area contributed by atoms with Gasteiger partial charge in [-0.3, -0.25) is 9.59 Å². The molecule has 0 amide bonds. The van der Waals surface area contributed by atoms with E-state index in [9.17, 15) is 9.59 Å². The first-order valence-electron chi connectivity index (χ1n) is 6.51. The molecule has 0 aromatic carbocycles. The van der Waals surface area contributed by atoms with Gasteiger partial charge in [0, 0.05) is 0 Å². The molecule has 4 nitrogen and oxygen atoms in total. The lowest BCUT2D eigenvalue weighted by Gasteiger charge is -2.18. The average Bonchev–Trinajstić information content (AvgIpc) is 2.43. The van der Waals surface area contributed by atoms with Gasteiger partial charge in [0.2, 0.25) is 0 Å². The van der Waals surface area contributed by atoms with Gasteiger partial charge in [0.05, 0.1) is 14.2 Å². The largest absolute Gasteiger partial charge is 0.468 e. The van der Waals surface area contributed by atoms with E-state index in [-0.39, 0.29) is 0 Å². The second-order valence-corrected chi connectivity index (χ2v) is 4.66. The predicted octanol–water partition coefficient (Wildman–Crippen LogP) is 2.48. The lowest BCUT2D eigenvalue weighted by molar-refractivity contribution is -0.158. The fourth-order valence-corrected chi connectivity index (χ4v) is 2.31. The van der Waals surface area contributed by atoms with Crippen molar-refractivity contribution in [1.29, 1.82) is 0 Å². The van der Waals surface area contributed by atoms with E-state index < -0.39 is 17.9 Å². The van der Waals surface area contributed by atoms with E-state index in [1.165, 1.54) is 46.3 Å². The number of hydrogen-bond donors (Lipinski definition) is 0. The predicted molar refractivity (Wildman–Crippen MR) is 67.9 cm³/mol. The first-order valence-corrected chi connectivity index (χ1v) is 6.51. The summed E-state index contributed by atoms with van der Waals surface area (Å²) in [5, 5.41) is 0. The topological polar surface area (TPSA) is 52.6 Å². The van der Waals surface area contributed by atoms with Crippen molar-refractivity contribution in [2.75, 3.05) is 14.2 Å². The summed E-state index contributed by atoms with van der Waals surface area (Å²) in [7, 11) is 2.56. The van der Waals surface area contributed by atoms with Crippen LogP contribution in [0.15, 0.2) is 12.2 Å². The van der Waals surface area contributed by atoms with Crippen LogP contribution < -0.4 is 0 Å². The standard InChI is InChI=1S/C14H22O4/c1-17-13(15)12(14(16)18-2)10-6-9-11-7-4-3-5-8-11/h6,9,11-12H,3-5,7-8,10H2,1-2H3/b9-6+. The fraction of sp³-hybridized carbons (Fsp3) is 0.714.